The molecule has 20 heavy (non-hydrogen) atoms. The first kappa shape index (κ1) is 14.6. The van der Waals surface area contributed by atoms with Gasteiger partial charge in [0.2, 0.25) is 5.91 Å². The SMILES string of the molecule is CC(C)CNC(=O)Cn1cc(C=O)c2ccc(Cl)cc21. The molecule has 0 unspecified atom stereocenters. The number of benzene rings is 1. The lowest BCUT2D eigenvalue weighted by Crippen LogP contribution is -2.30. The van der Waals surface area contributed by atoms with Gasteiger partial charge in [0.25, 0.3) is 0 Å². The molecule has 106 valence electrons. The van der Waals surface area contributed by atoms with Crippen LogP contribution in [0.1, 0.15) is 24.2 Å². The number of rotatable bonds is 5. The van der Waals surface area contributed by atoms with E-state index in [1.807, 2.05) is 13.8 Å². The summed E-state index contributed by atoms with van der Waals surface area (Å²) in [5.41, 5.74) is 1.35. The minimum atomic E-state index is -0.0759. The highest BCUT2D eigenvalue weighted by Crippen LogP contribution is 2.23. The Morgan fingerprint density at radius 1 is 1.45 bits per heavy atom. The smallest absolute Gasteiger partial charge is 0.239 e. The zero-order valence-corrected chi connectivity index (χ0v) is 12.3. The van der Waals surface area contributed by atoms with Crippen molar-refractivity contribution in [2.45, 2.75) is 20.4 Å². The molecule has 0 saturated heterocycles. The first-order valence-electron chi connectivity index (χ1n) is 6.51. The van der Waals surface area contributed by atoms with E-state index in [-0.39, 0.29) is 12.5 Å². The number of nitrogens with zero attached hydrogens (tertiary/aromatic N) is 1. The second kappa shape index (κ2) is 6.09. The zero-order valence-electron chi connectivity index (χ0n) is 11.5. The summed E-state index contributed by atoms with van der Waals surface area (Å²) in [6.45, 7) is 4.89. The van der Waals surface area contributed by atoms with E-state index in [1.165, 1.54) is 0 Å². The number of hydrogen-bond acceptors (Lipinski definition) is 2. The van der Waals surface area contributed by atoms with Crippen LogP contribution in [0.15, 0.2) is 24.4 Å². The highest BCUT2D eigenvalue weighted by Gasteiger charge is 2.11. The average molecular weight is 293 g/mol. The average Bonchev–Trinajstić information content (AvgIpc) is 2.74. The highest BCUT2D eigenvalue weighted by atomic mass is 35.5. The number of carbonyl (C=O) groups excluding carboxylic acids is 2. The molecule has 1 amide bonds. The van der Waals surface area contributed by atoms with Gasteiger partial charge in [0, 0.05) is 28.7 Å². The van der Waals surface area contributed by atoms with Crippen molar-refractivity contribution in [3.63, 3.8) is 0 Å². The van der Waals surface area contributed by atoms with Crippen LogP contribution in [-0.4, -0.2) is 23.3 Å². The Morgan fingerprint density at radius 3 is 2.85 bits per heavy atom. The molecule has 0 aliphatic carbocycles. The van der Waals surface area contributed by atoms with Crippen molar-refractivity contribution < 1.29 is 9.59 Å². The van der Waals surface area contributed by atoms with Gasteiger partial charge in [0.05, 0.1) is 5.52 Å². The van der Waals surface area contributed by atoms with Crippen molar-refractivity contribution in [2.75, 3.05) is 6.54 Å². The van der Waals surface area contributed by atoms with Gasteiger partial charge in [-0.05, 0) is 18.1 Å². The molecular weight excluding hydrogens is 276 g/mol. The summed E-state index contributed by atoms with van der Waals surface area (Å²) in [6.07, 6.45) is 2.47. The number of aromatic nitrogens is 1. The Kier molecular flexibility index (Phi) is 4.45. The minimum absolute atomic E-state index is 0.0759. The Bertz CT molecular complexity index is 647. The minimum Gasteiger partial charge on any atom is -0.354 e. The van der Waals surface area contributed by atoms with Crippen LogP contribution in [0.25, 0.3) is 10.9 Å². The van der Waals surface area contributed by atoms with E-state index in [1.54, 1.807) is 29.0 Å². The van der Waals surface area contributed by atoms with Crippen LogP contribution in [0.5, 0.6) is 0 Å². The van der Waals surface area contributed by atoms with Gasteiger partial charge in [-0.15, -0.1) is 0 Å². The van der Waals surface area contributed by atoms with E-state index >= 15 is 0 Å². The molecule has 0 spiro atoms. The van der Waals surface area contributed by atoms with Gasteiger partial charge >= 0.3 is 0 Å². The van der Waals surface area contributed by atoms with Gasteiger partial charge < -0.3 is 9.88 Å². The maximum Gasteiger partial charge on any atom is 0.239 e. The van der Waals surface area contributed by atoms with E-state index in [9.17, 15) is 9.59 Å². The standard InChI is InChI=1S/C15H17ClN2O2/c1-10(2)6-17-15(20)8-18-7-11(9-19)13-4-3-12(16)5-14(13)18/h3-5,7,9-10H,6,8H2,1-2H3,(H,17,20). The van der Waals surface area contributed by atoms with Gasteiger partial charge in [0.15, 0.2) is 6.29 Å². The summed E-state index contributed by atoms with van der Waals surface area (Å²) >= 11 is 5.98. The molecule has 4 nitrogen and oxygen atoms in total. The van der Waals surface area contributed by atoms with Gasteiger partial charge in [0.1, 0.15) is 6.54 Å². The van der Waals surface area contributed by atoms with Crippen molar-refractivity contribution in [3.05, 3.63) is 35.0 Å². The molecule has 5 heteroatoms. The number of carbonyl (C=O) groups is 2. The molecule has 0 bridgehead atoms. The van der Waals surface area contributed by atoms with Crippen LogP contribution in [0.4, 0.5) is 0 Å². The topological polar surface area (TPSA) is 51.1 Å². The van der Waals surface area contributed by atoms with Crippen LogP contribution in [0.2, 0.25) is 5.02 Å². The maximum absolute atomic E-state index is 11.9. The first-order chi connectivity index (χ1) is 9.51. The van der Waals surface area contributed by atoms with Gasteiger partial charge in [-0.2, -0.15) is 0 Å². The molecule has 1 aromatic carbocycles. The quantitative estimate of drug-likeness (QED) is 0.862. The summed E-state index contributed by atoms with van der Waals surface area (Å²) in [5.74, 6) is 0.327. The number of halogens is 1. The molecule has 1 heterocycles. The Hall–Kier alpha value is -1.81. The van der Waals surface area contributed by atoms with Gasteiger partial charge in [-0.1, -0.05) is 31.5 Å². The van der Waals surface area contributed by atoms with E-state index in [0.717, 1.165) is 17.2 Å². The van der Waals surface area contributed by atoms with E-state index < -0.39 is 0 Å². The predicted octanol–water partition coefficient (Wildman–Crippen LogP) is 2.88. The molecule has 0 aliphatic heterocycles. The number of aldehydes is 1. The Labute approximate surface area is 122 Å². The predicted molar refractivity (Wildman–Crippen MR) is 80.2 cm³/mol. The van der Waals surface area contributed by atoms with Crippen LogP contribution in [-0.2, 0) is 11.3 Å². The molecule has 0 atom stereocenters. The molecule has 0 saturated carbocycles. The lowest BCUT2D eigenvalue weighted by molar-refractivity contribution is -0.121. The second-order valence-corrected chi connectivity index (χ2v) is 5.63. The largest absolute Gasteiger partial charge is 0.354 e. The monoisotopic (exact) mass is 292 g/mol. The lowest BCUT2D eigenvalue weighted by Gasteiger charge is -2.09. The zero-order chi connectivity index (χ0) is 14.7. The molecule has 2 aromatic rings. The van der Waals surface area contributed by atoms with Crippen molar-refractivity contribution >= 4 is 34.7 Å². The second-order valence-electron chi connectivity index (χ2n) is 5.19. The summed E-state index contributed by atoms with van der Waals surface area (Å²) in [7, 11) is 0. The molecular formula is C15H17ClN2O2. The van der Waals surface area contributed by atoms with Crippen LogP contribution in [0, 0.1) is 5.92 Å². The van der Waals surface area contributed by atoms with Crippen LogP contribution >= 0.6 is 11.6 Å². The van der Waals surface area contributed by atoms with Crippen LogP contribution in [0.3, 0.4) is 0 Å². The van der Waals surface area contributed by atoms with Crippen molar-refractivity contribution in [1.82, 2.24) is 9.88 Å². The number of hydrogen-bond donors (Lipinski definition) is 1. The molecule has 2 rings (SSSR count). The third kappa shape index (κ3) is 3.20. The molecule has 0 fully saturated rings. The molecule has 0 aliphatic rings. The Balaban J connectivity index is 2.27. The number of nitrogens with one attached hydrogen (secondary N) is 1. The maximum atomic E-state index is 11.9. The molecule has 1 N–H and O–H groups in total. The van der Waals surface area contributed by atoms with Gasteiger partial charge in [-0.25, -0.2) is 0 Å². The third-order valence-electron chi connectivity index (χ3n) is 3.02. The molecule has 0 radical (unpaired) electrons. The summed E-state index contributed by atoms with van der Waals surface area (Å²) in [4.78, 5) is 23.0. The lowest BCUT2D eigenvalue weighted by atomic mass is 10.2. The fourth-order valence-corrected chi connectivity index (χ4v) is 2.21. The fraction of sp³-hybridized carbons (Fsp3) is 0.333. The normalized spacial score (nSPS) is 11.0. The third-order valence-corrected chi connectivity index (χ3v) is 3.26. The van der Waals surface area contributed by atoms with Crippen molar-refractivity contribution in [1.29, 1.82) is 0 Å². The van der Waals surface area contributed by atoms with Crippen molar-refractivity contribution in [3.8, 4) is 0 Å². The summed E-state index contributed by atoms with van der Waals surface area (Å²) in [6, 6.07) is 5.30. The van der Waals surface area contributed by atoms with E-state index in [4.69, 9.17) is 11.6 Å². The molecule has 1 aromatic heterocycles. The fourth-order valence-electron chi connectivity index (χ4n) is 2.05. The Morgan fingerprint density at radius 2 is 2.20 bits per heavy atom. The number of amides is 1. The van der Waals surface area contributed by atoms with Gasteiger partial charge in [-0.3, -0.25) is 9.59 Å². The van der Waals surface area contributed by atoms with E-state index in [0.29, 0.717) is 23.0 Å². The highest BCUT2D eigenvalue weighted by molar-refractivity contribution is 6.31. The summed E-state index contributed by atoms with van der Waals surface area (Å²) < 4.78 is 1.75. The van der Waals surface area contributed by atoms with Crippen molar-refractivity contribution in [2.24, 2.45) is 5.92 Å². The summed E-state index contributed by atoms with van der Waals surface area (Å²) in [5, 5.41) is 4.24. The number of fused-ring (bicyclic) bond motifs is 1. The van der Waals surface area contributed by atoms with Crippen LogP contribution < -0.4 is 5.32 Å². The van der Waals surface area contributed by atoms with E-state index in [2.05, 4.69) is 5.32 Å². The first-order valence-corrected chi connectivity index (χ1v) is 6.89.